The maximum Gasteiger partial charge on any atom is 0.408 e. The Hall–Kier alpha value is -3.88. The highest BCUT2D eigenvalue weighted by Crippen LogP contribution is 2.16. The van der Waals surface area contributed by atoms with Crippen LogP contribution in [0.25, 0.3) is 0 Å². The van der Waals surface area contributed by atoms with Gasteiger partial charge in [0, 0.05) is 25.8 Å². The predicted octanol–water partition coefficient (Wildman–Crippen LogP) is 4.78. The Kier molecular flexibility index (Phi) is 13.3. The highest BCUT2D eigenvalue weighted by molar-refractivity contribution is 5.94. The smallest absolute Gasteiger partial charge is 0.408 e. The number of carbonyl (C=O) groups excluding carboxylic acids is 3. The molecule has 0 fully saturated rings. The zero-order valence-corrected chi connectivity index (χ0v) is 24.7. The first-order chi connectivity index (χ1) is 19.4. The zero-order valence-electron chi connectivity index (χ0n) is 24.7. The van der Waals surface area contributed by atoms with Gasteiger partial charge in [0.25, 0.3) is 0 Å². The van der Waals surface area contributed by atoms with Crippen molar-refractivity contribution in [1.29, 1.82) is 0 Å². The lowest BCUT2D eigenvalue weighted by Gasteiger charge is -2.32. The molecule has 2 aromatic carbocycles. The van der Waals surface area contributed by atoms with Crippen molar-refractivity contribution >= 4 is 23.9 Å². The fourth-order valence-corrected chi connectivity index (χ4v) is 4.38. The maximum absolute atomic E-state index is 13.7. The first kappa shape index (κ1) is 33.3. The largest absolute Gasteiger partial charge is 0.481 e. The number of rotatable bonds is 16. The summed E-state index contributed by atoms with van der Waals surface area (Å²) in [5, 5.41) is 17.3. The zero-order chi connectivity index (χ0) is 30.3. The maximum atomic E-state index is 13.7. The van der Waals surface area contributed by atoms with Gasteiger partial charge in [-0.15, -0.1) is 0 Å². The number of alkyl carbamates (subject to hydrolysis) is 1. The van der Waals surface area contributed by atoms with Gasteiger partial charge in [-0.2, -0.15) is 0 Å². The Labute approximate surface area is 243 Å². The summed E-state index contributed by atoms with van der Waals surface area (Å²) in [5.41, 5.74) is -0.301. The number of unbranched alkanes of at least 4 members (excludes halogenated alkanes) is 4. The quantitative estimate of drug-likeness (QED) is 0.216. The molecule has 0 saturated carbocycles. The van der Waals surface area contributed by atoms with Crippen molar-refractivity contribution in [2.75, 3.05) is 6.54 Å². The summed E-state index contributed by atoms with van der Waals surface area (Å²) < 4.78 is 5.40. The minimum atomic E-state index is -1.29. The molecule has 2 rings (SSSR count). The van der Waals surface area contributed by atoms with Crippen molar-refractivity contribution in [3.63, 3.8) is 0 Å². The number of hydrogen-bond donors (Lipinski definition) is 4. The lowest BCUT2D eigenvalue weighted by molar-refractivity contribution is -0.137. The molecule has 41 heavy (non-hydrogen) atoms. The van der Waals surface area contributed by atoms with Crippen molar-refractivity contribution in [2.45, 2.75) is 96.2 Å². The Balaban J connectivity index is 2.13. The minimum Gasteiger partial charge on any atom is -0.481 e. The van der Waals surface area contributed by atoms with E-state index >= 15 is 0 Å². The Bertz CT molecular complexity index is 1120. The average Bonchev–Trinajstić information content (AvgIpc) is 2.89. The van der Waals surface area contributed by atoms with Crippen LogP contribution in [0, 0.1) is 0 Å². The Morgan fingerprint density at radius 2 is 1.37 bits per heavy atom. The van der Waals surface area contributed by atoms with Gasteiger partial charge in [0.15, 0.2) is 0 Å². The van der Waals surface area contributed by atoms with Gasteiger partial charge in [-0.3, -0.25) is 14.4 Å². The van der Waals surface area contributed by atoms with Crippen molar-refractivity contribution in [3.05, 3.63) is 71.8 Å². The first-order valence-corrected chi connectivity index (χ1v) is 14.3. The molecule has 0 heterocycles. The minimum absolute atomic E-state index is 0.169. The van der Waals surface area contributed by atoms with Crippen LogP contribution >= 0.6 is 0 Å². The molecule has 4 N–H and O–H groups in total. The summed E-state index contributed by atoms with van der Waals surface area (Å²) in [6.45, 7) is 7.36. The number of benzene rings is 2. The molecule has 0 aliphatic heterocycles. The van der Waals surface area contributed by atoms with Crippen LogP contribution < -0.4 is 16.0 Å². The number of amides is 3. The Morgan fingerprint density at radius 1 is 0.805 bits per heavy atom. The van der Waals surface area contributed by atoms with Crippen LogP contribution in [-0.2, 0) is 32.0 Å². The number of nitrogens with one attached hydrogen (secondary N) is 3. The number of ether oxygens (including phenoxy) is 1. The van der Waals surface area contributed by atoms with Gasteiger partial charge in [0.05, 0.1) is 0 Å². The van der Waals surface area contributed by atoms with E-state index in [0.29, 0.717) is 13.0 Å². The molecule has 2 aromatic rings. The number of carbonyl (C=O) groups is 4. The number of carboxylic acid groups (broad SMARTS) is 1. The van der Waals surface area contributed by atoms with E-state index in [1.807, 2.05) is 60.7 Å². The van der Waals surface area contributed by atoms with Gasteiger partial charge in [-0.25, -0.2) is 4.79 Å². The molecule has 0 spiro atoms. The van der Waals surface area contributed by atoms with Crippen molar-refractivity contribution < 1.29 is 29.0 Å². The van der Waals surface area contributed by atoms with Gasteiger partial charge in [0.2, 0.25) is 11.8 Å². The summed E-state index contributed by atoms with van der Waals surface area (Å²) in [4.78, 5) is 50.5. The number of hydrogen-bond acceptors (Lipinski definition) is 5. The molecular weight excluding hydrogens is 522 g/mol. The first-order valence-electron chi connectivity index (χ1n) is 14.3. The third-order valence-corrected chi connectivity index (χ3v) is 6.44. The van der Waals surface area contributed by atoms with Gasteiger partial charge in [-0.05, 0) is 51.7 Å². The van der Waals surface area contributed by atoms with Crippen LogP contribution in [0.3, 0.4) is 0 Å². The fraction of sp³-hybridized carbons (Fsp3) is 0.500. The summed E-state index contributed by atoms with van der Waals surface area (Å²) >= 11 is 0. The van der Waals surface area contributed by atoms with E-state index in [9.17, 15) is 19.2 Å². The van der Waals surface area contributed by atoms with E-state index in [2.05, 4.69) is 16.0 Å². The molecule has 0 aromatic heterocycles. The van der Waals surface area contributed by atoms with E-state index in [-0.39, 0.29) is 25.2 Å². The second kappa shape index (κ2) is 16.4. The second-order valence-electron chi connectivity index (χ2n) is 11.5. The predicted molar refractivity (Wildman–Crippen MR) is 158 cm³/mol. The molecule has 0 aliphatic rings. The normalized spacial score (nSPS) is 13.4. The highest BCUT2D eigenvalue weighted by atomic mass is 16.6. The molecule has 0 bridgehead atoms. The molecule has 9 nitrogen and oxygen atoms in total. The van der Waals surface area contributed by atoms with Crippen LogP contribution in [0.5, 0.6) is 0 Å². The second-order valence-corrected chi connectivity index (χ2v) is 11.5. The standard InChI is InChI=1S/C32H45N3O6/c1-31(2,3)41-30(40)34-26(22-24-16-10-8-11-17-24)28(38)35-32(4,23-25-18-12-9-13-19-25)29(39)33-21-15-7-5-6-14-20-27(36)37/h8-13,16-19,26H,5-7,14-15,20-23H2,1-4H3,(H,33,39)(H,34,40)(H,35,38)(H,36,37)/t26-,32?/m0/s1. The SMILES string of the molecule is CC(C)(C)OC(=O)N[C@@H](Cc1ccccc1)C(=O)NC(C)(Cc1ccccc1)C(=O)NCCCCCCCC(=O)O. The van der Waals surface area contributed by atoms with Gasteiger partial charge in [0.1, 0.15) is 17.2 Å². The molecule has 1 unspecified atom stereocenters. The van der Waals surface area contributed by atoms with Crippen LogP contribution in [0.4, 0.5) is 4.79 Å². The molecular formula is C32H45N3O6. The Morgan fingerprint density at radius 3 is 1.95 bits per heavy atom. The third kappa shape index (κ3) is 13.4. The van der Waals surface area contributed by atoms with Gasteiger partial charge >= 0.3 is 12.1 Å². The topological polar surface area (TPSA) is 134 Å². The number of carboxylic acids is 1. The average molecular weight is 568 g/mol. The van der Waals surface area contributed by atoms with Crippen molar-refractivity contribution in [3.8, 4) is 0 Å². The van der Waals surface area contributed by atoms with Gasteiger partial charge < -0.3 is 25.8 Å². The fourth-order valence-electron chi connectivity index (χ4n) is 4.38. The molecule has 3 amide bonds. The molecule has 9 heteroatoms. The molecule has 2 atom stereocenters. The van der Waals surface area contributed by atoms with Crippen LogP contribution in [0.15, 0.2) is 60.7 Å². The van der Waals surface area contributed by atoms with Crippen LogP contribution in [0.2, 0.25) is 0 Å². The van der Waals surface area contributed by atoms with E-state index in [1.54, 1.807) is 27.7 Å². The molecule has 0 aliphatic carbocycles. The third-order valence-electron chi connectivity index (χ3n) is 6.44. The summed E-state index contributed by atoms with van der Waals surface area (Å²) in [7, 11) is 0. The lowest BCUT2D eigenvalue weighted by atomic mass is 9.90. The summed E-state index contributed by atoms with van der Waals surface area (Å²) in [5.74, 6) is -1.60. The number of aliphatic carboxylic acids is 1. The molecule has 224 valence electrons. The lowest BCUT2D eigenvalue weighted by Crippen LogP contribution is -2.62. The summed E-state index contributed by atoms with van der Waals surface area (Å²) in [6, 6.07) is 17.8. The van der Waals surface area contributed by atoms with Crippen molar-refractivity contribution in [1.82, 2.24) is 16.0 Å². The molecule has 0 saturated heterocycles. The van der Waals surface area contributed by atoms with Crippen LogP contribution in [0.1, 0.15) is 77.3 Å². The monoisotopic (exact) mass is 567 g/mol. The van der Waals surface area contributed by atoms with Crippen LogP contribution in [-0.4, -0.2) is 52.7 Å². The summed E-state index contributed by atoms with van der Waals surface area (Å²) in [6.07, 6.45) is 3.89. The van der Waals surface area contributed by atoms with Gasteiger partial charge in [-0.1, -0.05) is 79.9 Å². The van der Waals surface area contributed by atoms with Crippen molar-refractivity contribution in [2.24, 2.45) is 0 Å². The molecule has 0 radical (unpaired) electrons. The van der Waals surface area contributed by atoms with E-state index in [0.717, 1.165) is 36.8 Å². The van der Waals surface area contributed by atoms with E-state index < -0.39 is 35.2 Å². The van der Waals surface area contributed by atoms with E-state index in [4.69, 9.17) is 9.84 Å². The van der Waals surface area contributed by atoms with E-state index in [1.165, 1.54) is 0 Å². The highest BCUT2D eigenvalue weighted by Gasteiger charge is 2.37.